The molecule has 3 rings (SSSR count). The number of methoxy groups -OCH3 is 1. The smallest absolute Gasteiger partial charge is 0.295 e. The van der Waals surface area contributed by atoms with Gasteiger partial charge in [-0.25, -0.2) is 0 Å². The lowest BCUT2D eigenvalue weighted by Crippen LogP contribution is -2.32. The van der Waals surface area contributed by atoms with Gasteiger partial charge in [-0.1, -0.05) is 42.5 Å². The molecular weight excluding hydrogens is 358 g/mol. The predicted molar refractivity (Wildman–Crippen MR) is 105 cm³/mol. The highest BCUT2D eigenvalue weighted by Gasteiger charge is 2.45. The van der Waals surface area contributed by atoms with Crippen molar-refractivity contribution in [1.82, 2.24) is 4.90 Å². The van der Waals surface area contributed by atoms with Crippen LogP contribution < -0.4 is 4.74 Å². The van der Waals surface area contributed by atoms with E-state index in [1.54, 1.807) is 48.5 Å². The lowest BCUT2D eigenvalue weighted by atomic mass is 9.95. The van der Waals surface area contributed by atoms with Crippen LogP contribution in [-0.2, 0) is 14.3 Å². The number of amides is 1. The summed E-state index contributed by atoms with van der Waals surface area (Å²) in [7, 11) is 1.53. The Morgan fingerprint density at radius 1 is 1.07 bits per heavy atom. The van der Waals surface area contributed by atoms with Gasteiger partial charge in [-0.15, -0.1) is 0 Å². The maximum absolute atomic E-state index is 12.8. The van der Waals surface area contributed by atoms with Crippen molar-refractivity contribution in [3.8, 4) is 5.75 Å². The Labute approximate surface area is 164 Å². The minimum atomic E-state index is -0.698. The van der Waals surface area contributed by atoms with Crippen molar-refractivity contribution < 1.29 is 24.2 Å². The van der Waals surface area contributed by atoms with Crippen molar-refractivity contribution in [3.05, 3.63) is 71.3 Å². The average molecular weight is 381 g/mol. The zero-order valence-corrected chi connectivity index (χ0v) is 15.9. The molecule has 1 amide bonds. The molecular formula is C22H23NO5. The van der Waals surface area contributed by atoms with Crippen LogP contribution in [0.5, 0.6) is 5.75 Å². The minimum absolute atomic E-state index is 0.0801. The molecule has 0 radical (unpaired) electrons. The van der Waals surface area contributed by atoms with E-state index in [9.17, 15) is 14.7 Å². The maximum atomic E-state index is 12.8. The van der Waals surface area contributed by atoms with E-state index >= 15 is 0 Å². The summed E-state index contributed by atoms with van der Waals surface area (Å²) in [5, 5.41) is 10.8. The number of rotatable bonds is 7. The number of carbonyl (C=O) groups is 2. The summed E-state index contributed by atoms with van der Waals surface area (Å²) in [4.78, 5) is 26.9. The Kier molecular flexibility index (Phi) is 6.11. The van der Waals surface area contributed by atoms with Crippen LogP contribution in [0.1, 0.15) is 24.1 Å². The van der Waals surface area contributed by atoms with E-state index in [0.29, 0.717) is 17.9 Å². The van der Waals surface area contributed by atoms with Gasteiger partial charge in [0.2, 0.25) is 0 Å². The molecule has 0 bridgehead atoms. The average Bonchev–Trinajstić information content (AvgIpc) is 2.98. The summed E-state index contributed by atoms with van der Waals surface area (Å²) >= 11 is 0. The van der Waals surface area contributed by atoms with E-state index in [2.05, 4.69) is 0 Å². The Bertz CT molecular complexity index is 874. The first-order valence-corrected chi connectivity index (χ1v) is 9.14. The zero-order valence-electron chi connectivity index (χ0n) is 15.9. The number of aliphatic hydroxyl groups is 1. The van der Waals surface area contributed by atoms with Gasteiger partial charge in [0.15, 0.2) is 0 Å². The highest BCUT2D eigenvalue weighted by atomic mass is 16.5. The van der Waals surface area contributed by atoms with Gasteiger partial charge in [-0.3, -0.25) is 9.59 Å². The number of ketones is 1. The van der Waals surface area contributed by atoms with Crippen LogP contribution in [-0.4, -0.2) is 48.6 Å². The molecule has 0 spiro atoms. The third-order valence-electron chi connectivity index (χ3n) is 4.63. The SMILES string of the molecule is CCOc1ccc(C2/C(=C(/O)c3ccccc3)C(=O)C(=O)N2CCOC)cc1. The minimum Gasteiger partial charge on any atom is -0.507 e. The number of Topliss-reactive ketones (excluding diaryl/α,β-unsaturated/α-hetero) is 1. The van der Waals surface area contributed by atoms with Gasteiger partial charge in [-0.2, -0.15) is 0 Å². The molecule has 0 aromatic heterocycles. The molecule has 1 saturated heterocycles. The number of likely N-dealkylation sites (tertiary alicyclic amines) is 1. The molecule has 1 N–H and O–H groups in total. The van der Waals surface area contributed by atoms with Crippen LogP contribution in [0, 0.1) is 0 Å². The summed E-state index contributed by atoms with van der Waals surface area (Å²) in [5.41, 5.74) is 1.29. The molecule has 1 aliphatic rings. The summed E-state index contributed by atoms with van der Waals surface area (Å²) in [6, 6.07) is 15.3. The molecule has 28 heavy (non-hydrogen) atoms. The summed E-state index contributed by atoms with van der Waals surface area (Å²) in [6.45, 7) is 2.96. The van der Waals surface area contributed by atoms with Crippen LogP contribution >= 0.6 is 0 Å². The topological polar surface area (TPSA) is 76.1 Å². The van der Waals surface area contributed by atoms with Gasteiger partial charge in [0, 0.05) is 19.2 Å². The number of hydrogen-bond acceptors (Lipinski definition) is 5. The number of nitrogens with zero attached hydrogens (tertiary/aromatic N) is 1. The highest BCUT2D eigenvalue weighted by Crippen LogP contribution is 2.39. The third-order valence-corrected chi connectivity index (χ3v) is 4.63. The van der Waals surface area contributed by atoms with Crippen LogP contribution in [0.4, 0.5) is 0 Å². The lowest BCUT2D eigenvalue weighted by Gasteiger charge is -2.25. The zero-order chi connectivity index (χ0) is 20.1. The van der Waals surface area contributed by atoms with Crippen LogP contribution in [0.15, 0.2) is 60.2 Å². The van der Waals surface area contributed by atoms with Crippen molar-refractivity contribution in [2.24, 2.45) is 0 Å². The molecule has 146 valence electrons. The second-order valence-corrected chi connectivity index (χ2v) is 6.35. The van der Waals surface area contributed by atoms with Crippen LogP contribution in [0.3, 0.4) is 0 Å². The van der Waals surface area contributed by atoms with Crippen LogP contribution in [0.2, 0.25) is 0 Å². The molecule has 6 nitrogen and oxygen atoms in total. The second kappa shape index (κ2) is 8.71. The van der Waals surface area contributed by atoms with Gasteiger partial charge in [-0.05, 0) is 24.6 Å². The van der Waals surface area contributed by atoms with Crippen molar-refractivity contribution in [2.75, 3.05) is 26.9 Å². The van der Waals surface area contributed by atoms with E-state index < -0.39 is 17.7 Å². The molecule has 1 aliphatic heterocycles. The van der Waals surface area contributed by atoms with E-state index in [0.717, 1.165) is 5.56 Å². The fraction of sp³-hybridized carbons (Fsp3) is 0.273. The number of carbonyl (C=O) groups excluding carboxylic acids is 2. The first-order valence-electron chi connectivity index (χ1n) is 9.14. The molecule has 0 saturated carbocycles. The molecule has 1 unspecified atom stereocenters. The predicted octanol–water partition coefficient (Wildman–Crippen LogP) is 3.15. The highest BCUT2D eigenvalue weighted by molar-refractivity contribution is 6.46. The van der Waals surface area contributed by atoms with Crippen molar-refractivity contribution in [3.63, 3.8) is 0 Å². The summed E-state index contributed by atoms with van der Waals surface area (Å²) in [6.07, 6.45) is 0. The summed E-state index contributed by atoms with van der Waals surface area (Å²) < 4.78 is 10.6. The van der Waals surface area contributed by atoms with Crippen molar-refractivity contribution >= 4 is 17.4 Å². The van der Waals surface area contributed by atoms with Gasteiger partial charge in [0.25, 0.3) is 11.7 Å². The lowest BCUT2D eigenvalue weighted by molar-refractivity contribution is -0.140. The third kappa shape index (κ3) is 3.77. The van der Waals surface area contributed by atoms with Crippen molar-refractivity contribution in [1.29, 1.82) is 0 Å². The molecule has 1 fully saturated rings. The van der Waals surface area contributed by atoms with Gasteiger partial charge < -0.3 is 19.5 Å². The number of hydrogen-bond donors (Lipinski definition) is 1. The molecule has 1 heterocycles. The second-order valence-electron chi connectivity index (χ2n) is 6.35. The monoisotopic (exact) mass is 381 g/mol. The van der Waals surface area contributed by atoms with Gasteiger partial charge >= 0.3 is 0 Å². The Balaban J connectivity index is 2.10. The maximum Gasteiger partial charge on any atom is 0.295 e. The Morgan fingerprint density at radius 3 is 2.36 bits per heavy atom. The van der Waals surface area contributed by atoms with Gasteiger partial charge in [0.05, 0.1) is 24.8 Å². The van der Waals surface area contributed by atoms with Crippen molar-refractivity contribution in [2.45, 2.75) is 13.0 Å². The number of benzene rings is 2. The van der Waals surface area contributed by atoms with E-state index in [1.165, 1.54) is 12.0 Å². The standard InChI is InChI=1S/C22H23NO5/c1-3-28-17-11-9-15(10-12-17)19-18(20(24)16-7-5-4-6-8-16)21(25)22(26)23(19)13-14-27-2/h4-12,19,24H,3,13-14H2,1-2H3/b20-18-. The van der Waals surface area contributed by atoms with E-state index in [-0.39, 0.29) is 24.5 Å². The molecule has 0 aliphatic carbocycles. The Morgan fingerprint density at radius 2 is 1.75 bits per heavy atom. The first kappa shape index (κ1) is 19.6. The quantitative estimate of drug-likeness (QED) is 0.453. The summed E-state index contributed by atoms with van der Waals surface area (Å²) in [5.74, 6) is -0.828. The number of aliphatic hydroxyl groups excluding tert-OH is 1. The molecule has 1 atom stereocenters. The van der Waals surface area contributed by atoms with E-state index in [4.69, 9.17) is 9.47 Å². The molecule has 6 heteroatoms. The van der Waals surface area contributed by atoms with Crippen LogP contribution in [0.25, 0.3) is 5.76 Å². The normalized spacial score (nSPS) is 18.5. The fourth-order valence-electron chi connectivity index (χ4n) is 3.31. The van der Waals surface area contributed by atoms with Gasteiger partial charge in [0.1, 0.15) is 11.5 Å². The molecule has 2 aromatic carbocycles. The fourth-order valence-corrected chi connectivity index (χ4v) is 3.31. The molecule has 2 aromatic rings. The van der Waals surface area contributed by atoms with E-state index in [1.807, 2.05) is 13.0 Å². The first-order chi connectivity index (χ1) is 13.6. The largest absolute Gasteiger partial charge is 0.507 e. The number of ether oxygens (including phenoxy) is 2. The Hall–Kier alpha value is -3.12.